The van der Waals surface area contributed by atoms with E-state index in [1.807, 2.05) is 0 Å². The maximum atomic E-state index is 11.1. The Morgan fingerprint density at radius 3 is 2.67 bits per heavy atom. The number of nitrogens with two attached hydrogens (primary N) is 1. The first-order valence-electron chi connectivity index (χ1n) is 3.28. The van der Waals surface area contributed by atoms with Gasteiger partial charge in [0.25, 0.3) is 5.91 Å². The molecule has 0 saturated heterocycles. The summed E-state index contributed by atoms with van der Waals surface area (Å²) in [6, 6.07) is 0. The van der Waals surface area contributed by atoms with Crippen molar-refractivity contribution in [3.8, 4) is 0 Å². The number of nitrogens with zero attached hydrogens (tertiary/aromatic N) is 2. The molecule has 0 radical (unpaired) electrons. The fourth-order valence-corrected chi connectivity index (χ4v) is 1.02. The quantitative estimate of drug-likeness (QED) is 0.653. The second-order valence-corrected chi connectivity index (χ2v) is 2.63. The highest BCUT2D eigenvalue weighted by molar-refractivity contribution is 6.35. The van der Waals surface area contributed by atoms with E-state index in [1.165, 1.54) is 11.7 Å². The summed E-state index contributed by atoms with van der Waals surface area (Å²) in [7, 11) is 3.12. The standard InChI is InChI=1S/C6H9ClN4O/c1-9-6(12)4-3(7)5(8)11(2)10-4/h8H2,1-2H3,(H,9,12). The lowest BCUT2D eigenvalue weighted by Crippen LogP contribution is -2.18. The van der Waals surface area contributed by atoms with Gasteiger partial charge >= 0.3 is 0 Å². The molecule has 0 fully saturated rings. The predicted octanol–water partition coefficient (Wildman–Crippen LogP) is 0.0153. The molecule has 0 aromatic carbocycles. The molecule has 0 aliphatic rings. The van der Waals surface area contributed by atoms with Crippen LogP contribution in [0.5, 0.6) is 0 Å². The molecule has 1 amide bonds. The van der Waals surface area contributed by atoms with Crippen LogP contribution in [0.3, 0.4) is 0 Å². The molecule has 0 spiro atoms. The number of nitrogens with one attached hydrogen (secondary N) is 1. The van der Waals surface area contributed by atoms with Crippen LogP contribution in [-0.4, -0.2) is 22.7 Å². The van der Waals surface area contributed by atoms with Gasteiger partial charge < -0.3 is 11.1 Å². The SMILES string of the molecule is CNC(=O)c1nn(C)c(N)c1Cl. The summed E-state index contributed by atoms with van der Waals surface area (Å²) in [6.07, 6.45) is 0. The van der Waals surface area contributed by atoms with Gasteiger partial charge in [-0.15, -0.1) is 0 Å². The van der Waals surface area contributed by atoms with Gasteiger partial charge in [-0.25, -0.2) is 0 Å². The zero-order chi connectivity index (χ0) is 9.30. The summed E-state index contributed by atoms with van der Waals surface area (Å²) in [5.41, 5.74) is 5.64. The monoisotopic (exact) mass is 188 g/mol. The summed E-state index contributed by atoms with van der Waals surface area (Å²) in [5.74, 6) is -0.0532. The minimum absolute atomic E-state index is 0.152. The Labute approximate surface area is 74.5 Å². The van der Waals surface area contributed by atoms with Crippen molar-refractivity contribution >= 4 is 23.3 Å². The molecular formula is C6H9ClN4O. The second kappa shape index (κ2) is 3.02. The van der Waals surface area contributed by atoms with Crippen LogP contribution in [0.2, 0.25) is 5.02 Å². The zero-order valence-electron chi connectivity index (χ0n) is 6.76. The molecule has 3 N–H and O–H groups in total. The highest BCUT2D eigenvalue weighted by atomic mass is 35.5. The fourth-order valence-electron chi connectivity index (χ4n) is 0.775. The summed E-state index contributed by atoms with van der Waals surface area (Å²) in [4.78, 5) is 11.1. The molecule has 0 bridgehead atoms. The van der Waals surface area contributed by atoms with Gasteiger partial charge in [0.2, 0.25) is 0 Å². The normalized spacial score (nSPS) is 9.92. The van der Waals surface area contributed by atoms with Gasteiger partial charge in [-0.05, 0) is 0 Å². The Hall–Kier alpha value is -1.23. The van der Waals surface area contributed by atoms with E-state index in [1.54, 1.807) is 7.05 Å². The number of anilines is 1. The zero-order valence-corrected chi connectivity index (χ0v) is 7.51. The molecule has 1 aromatic heterocycles. The van der Waals surface area contributed by atoms with Gasteiger partial charge in [-0.2, -0.15) is 5.10 Å². The van der Waals surface area contributed by atoms with Crippen molar-refractivity contribution in [1.29, 1.82) is 0 Å². The van der Waals surface area contributed by atoms with Gasteiger partial charge in [-0.3, -0.25) is 9.48 Å². The molecule has 5 nitrogen and oxygen atoms in total. The van der Waals surface area contributed by atoms with Gasteiger partial charge in [0.05, 0.1) is 0 Å². The van der Waals surface area contributed by atoms with Crippen molar-refractivity contribution in [3.63, 3.8) is 0 Å². The van der Waals surface area contributed by atoms with Crippen LogP contribution in [0.25, 0.3) is 0 Å². The number of hydrogen-bond donors (Lipinski definition) is 2. The molecule has 0 unspecified atom stereocenters. The average Bonchev–Trinajstić information content (AvgIpc) is 2.32. The largest absolute Gasteiger partial charge is 0.383 e. The third kappa shape index (κ3) is 1.23. The van der Waals surface area contributed by atoms with Crippen molar-refractivity contribution in [2.75, 3.05) is 12.8 Å². The van der Waals surface area contributed by atoms with Crippen molar-refractivity contribution in [2.24, 2.45) is 7.05 Å². The molecule has 0 aliphatic heterocycles. The Balaban J connectivity index is 3.17. The van der Waals surface area contributed by atoms with E-state index in [0.29, 0.717) is 0 Å². The highest BCUT2D eigenvalue weighted by Gasteiger charge is 2.16. The Bertz CT molecular complexity index is 320. The number of amides is 1. The lowest BCUT2D eigenvalue weighted by molar-refractivity contribution is 0.0957. The van der Waals surface area contributed by atoms with Gasteiger partial charge in [0.1, 0.15) is 10.8 Å². The topological polar surface area (TPSA) is 72.9 Å². The Morgan fingerprint density at radius 1 is 1.75 bits per heavy atom. The first-order chi connectivity index (χ1) is 5.57. The minimum Gasteiger partial charge on any atom is -0.383 e. The van der Waals surface area contributed by atoms with Gasteiger partial charge in [-0.1, -0.05) is 11.6 Å². The molecule has 0 saturated carbocycles. The minimum atomic E-state index is -0.340. The number of aryl methyl sites for hydroxylation is 1. The number of rotatable bonds is 1. The summed E-state index contributed by atoms with van der Waals surface area (Å²) in [6.45, 7) is 0. The number of aromatic nitrogens is 2. The lowest BCUT2D eigenvalue weighted by Gasteiger charge is -1.92. The van der Waals surface area contributed by atoms with E-state index < -0.39 is 0 Å². The fraction of sp³-hybridized carbons (Fsp3) is 0.333. The molecule has 1 heterocycles. The number of hydrogen-bond acceptors (Lipinski definition) is 3. The maximum Gasteiger partial charge on any atom is 0.273 e. The van der Waals surface area contributed by atoms with E-state index >= 15 is 0 Å². The van der Waals surface area contributed by atoms with Crippen LogP contribution in [0.4, 0.5) is 5.82 Å². The molecule has 12 heavy (non-hydrogen) atoms. The molecule has 6 heteroatoms. The highest BCUT2D eigenvalue weighted by Crippen LogP contribution is 2.21. The molecule has 1 rings (SSSR count). The first kappa shape index (κ1) is 8.86. The van der Waals surface area contributed by atoms with Crippen molar-refractivity contribution in [3.05, 3.63) is 10.7 Å². The van der Waals surface area contributed by atoms with Crippen LogP contribution in [0.1, 0.15) is 10.5 Å². The van der Waals surface area contributed by atoms with E-state index in [0.717, 1.165) is 0 Å². The van der Waals surface area contributed by atoms with Crippen molar-refractivity contribution in [2.45, 2.75) is 0 Å². The van der Waals surface area contributed by atoms with Crippen molar-refractivity contribution in [1.82, 2.24) is 15.1 Å². The predicted molar refractivity (Wildman–Crippen MR) is 46.0 cm³/mol. The Morgan fingerprint density at radius 2 is 2.33 bits per heavy atom. The molecule has 66 valence electrons. The van der Waals surface area contributed by atoms with Gasteiger partial charge in [0.15, 0.2) is 5.69 Å². The van der Waals surface area contributed by atoms with Crippen LogP contribution in [-0.2, 0) is 7.05 Å². The summed E-state index contributed by atoms with van der Waals surface area (Å²) < 4.78 is 1.35. The van der Waals surface area contributed by atoms with Gasteiger partial charge in [0, 0.05) is 14.1 Å². The molecule has 0 atom stereocenters. The molecular weight excluding hydrogens is 180 g/mol. The Kier molecular flexibility index (Phi) is 2.23. The van der Waals surface area contributed by atoms with E-state index in [4.69, 9.17) is 17.3 Å². The first-order valence-corrected chi connectivity index (χ1v) is 3.65. The van der Waals surface area contributed by atoms with E-state index in [2.05, 4.69) is 10.4 Å². The van der Waals surface area contributed by atoms with Crippen molar-refractivity contribution < 1.29 is 4.79 Å². The third-order valence-corrected chi connectivity index (χ3v) is 1.85. The maximum absolute atomic E-state index is 11.1. The number of halogens is 1. The molecule has 1 aromatic rings. The summed E-state index contributed by atoms with van der Waals surface area (Å²) in [5, 5.41) is 6.43. The van der Waals surface area contributed by atoms with Crippen LogP contribution in [0.15, 0.2) is 0 Å². The molecule has 0 aliphatic carbocycles. The van der Waals surface area contributed by atoms with Crippen LogP contribution < -0.4 is 11.1 Å². The van der Waals surface area contributed by atoms with Crippen LogP contribution >= 0.6 is 11.6 Å². The van der Waals surface area contributed by atoms with Crippen LogP contribution in [0, 0.1) is 0 Å². The number of carbonyl (C=O) groups is 1. The van der Waals surface area contributed by atoms with E-state index in [9.17, 15) is 4.79 Å². The smallest absolute Gasteiger partial charge is 0.273 e. The number of carbonyl (C=O) groups excluding carboxylic acids is 1. The second-order valence-electron chi connectivity index (χ2n) is 2.25. The summed E-state index contributed by atoms with van der Waals surface area (Å²) >= 11 is 5.72. The average molecular weight is 189 g/mol. The van der Waals surface area contributed by atoms with E-state index in [-0.39, 0.29) is 22.4 Å². The lowest BCUT2D eigenvalue weighted by atomic mass is 10.4. The third-order valence-electron chi connectivity index (χ3n) is 1.47. The number of nitrogen functional groups attached to an aromatic ring is 1.